The molecule has 1 rings (SSSR count). The van der Waals surface area contributed by atoms with Crippen LogP contribution in [0.15, 0.2) is 10.9 Å². The van der Waals surface area contributed by atoms with Crippen LogP contribution in [-0.4, -0.2) is 22.6 Å². The van der Waals surface area contributed by atoms with Crippen LogP contribution < -0.4 is 10.3 Å². The second kappa shape index (κ2) is 4.23. The van der Waals surface area contributed by atoms with Gasteiger partial charge in [-0.25, -0.2) is 9.78 Å². The van der Waals surface area contributed by atoms with Gasteiger partial charge in [-0.1, -0.05) is 0 Å². The van der Waals surface area contributed by atoms with E-state index in [1.54, 1.807) is 4.98 Å². The maximum atomic E-state index is 11.9. The maximum Gasteiger partial charge on any atom is 0.573 e. The summed E-state index contributed by atoms with van der Waals surface area (Å²) in [6, 6.07) is 0.304. The molecule has 0 saturated heterocycles. The third-order valence-electron chi connectivity index (χ3n) is 1.56. The molecule has 0 spiro atoms. The summed E-state index contributed by atoms with van der Waals surface area (Å²) in [7, 11) is 0. The van der Waals surface area contributed by atoms with Gasteiger partial charge in [0.1, 0.15) is 5.56 Å². The fourth-order valence-electron chi connectivity index (χ4n) is 0.953. The smallest absolute Gasteiger partial charge is 0.404 e. The van der Waals surface area contributed by atoms with Gasteiger partial charge >= 0.3 is 17.7 Å². The van der Waals surface area contributed by atoms with Crippen LogP contribution in [-0.2, 0) is 0 Å². The first kappa shape index (κ1) is 12.7. The van der Waals surface area contributed by atoms with Gasteiger partial charge in [-0.15, -0.1) is 13.2 Å². The van der Waals surface area contributed by atoms with Crippen molar-refractivity contribution in [3.63, 3.8) is 0 Å². The summed E-state index contributed by atoms with van der Waals surface area (Å²) in [5, 5.41) is 10.3. The number of H-pyrrole nitrogens is 1. The molecule has 0 aliphatic carbocycles. The van der Waals surface area contributed by atoms with Crippen molar-refractivity contribution in [2.24, 2.45) is 0 Å². The van der Waals surface area contributed by atoms with Crippen LogP contribution in [0.25, 0.3) is 0 Å². The minimum atomic E-state index is -5.17. The van der Waals surface area contributed by atoms with E-state index in [2.05, 4.69) is 4.74 Å². The molecule has 1 N–H and O–H groups in total. The van der Waals surface area contributed by atoms with Crippen molar-refractivity contribution >= 4 is 12.1 Å². The summed E-state index contributed by atoms with van der Waals surface area (Å²) in [5.41, 5.74) is -2.32. The predicted molar refractivity (Wildman–Crippen MR) is 45.8 cm³/mol. The predicted octanol–water partition coefficient (Wildman–Crippen LogP) is 0.994. The first-order valence-corrected chi connectivity index (χ1v) is 3.87. The lowest BCUT2D eigenvalue weighted by Crippen LogP contribution is -2.22. The Morgan fingerprint density at radius 2 is 2.06 bits per heavy atom. The van der Waals surface area contributed by atoms with Crippen LogP contribution in [0.2, 0.25) is 0 Å². The third-order valence-corrected chi connectivity index (χ3v) is 1.56. The number of aromatic nitrogens is 1. The van der Waals surface area contributed by atoms with E-state index in [9.17, 15) is 32.9 Å². The number of nitrogens with zero attached hydrogens (tertiary/aromatic N) is 1. The third kappa shape index (κ3) is 3.03. The van der Waals surface area contributed by atoms with Crippen molar-refractivity contribution in [1.29, 1.82) is 0 Å². The van der Waals surface area contributed by atoms with Crippen LogP contribution in [0.1, 0.15) is 10.4 Å². The molecule has 0 bridgehead atoms. The van der Waals surface area contributed by atoms with Crippen LogP contribution in [0.5, 0.6) is 5.75 Å². The molecule has 0 unspecified atom stereocenters. The molecule has 0 radical (unpaired) electrons. The maximum absolute atomic E-state index is 11.9. The summed E-state index contributed by atoms with van der Waals surface area (Å²) < 4.78 is 39.0. The fourth-order valence-corrected chi connectivity index (χ4v) is 0.953. The SMILES string of the molecule is O=Cc1c(OC(F)(F)F)cc([N+](=O)[O-])[nH]c1=O. The Morgan fingerprint density at radius 3 is 2.47 bits per heavy atom. The largest absolute Gasteiger partial charge is 0.573 e. The average molecular weight is 252 g/mol. The van der Waals surface area contributed by atoms with Crippen LogP contribution in [0.3, 0.4) is 0 Å². The Labute approximate surface area is 90.0 Å². The van der Waals surface area contributed by atoms with Gasteiger partial charge in [0.05, 0.1) is 6.07 Å². The highest BCUT2D eigenvalue weighted by Gasteiger charge is 2.33. The summed E-state index contributed by atoms with van der Waals surface area (Å²) in [6.07, 6.45) is -5.36. The molecule has 0 amide bonds. The molecular formula is C7H3F3N2O5. The number of rotatable bonds is 3. The monoisotopic (exact) mass is 252 g/mol. The van der Waals surface area contributed by atoms with Gasteiger partial charge in [0.15, 0.2) is 12.0 Å². The Kier molecular flexibility index (Phi) is 3.16. The molecule has 0 aromatic carbocycles. The Balaban J connectivity index is 3.39. The lowest BCUT2D eigenvalue weighted by Gasteiger charge is -2.09. The zero-order chi connectivity index (χ0) is 13.2. The van der Waals surface area contributed by atoms with Gasteiger partial charge < -0.3 is 14.9 Å². The molecule has 17 heavy (non-hydrogen) atoms. The molecule has 92 valence electrons. The zero-order valence-corrected chi connectivity index (χ0v) is 7.78. The number of carbonyl (C=O) groups is 1. The molecule has 0 atom stereocenters. The summed E-state index contributed by atoms with van der Waals surface area (Å²) >= 11 is 0. The number of nitro groups is 1. The van der Waals surface area contributed by atoms with Crippen LogP contribution >= 0.6 is 0 Å². The number of alkyl halides is 3. The first-order chi connectivity index (χ1) is 7.74. The highest BCUT2D eigenvalue weighted by molar-refractivity contribution is 5.79. The second-order valence-electron chi connectivity index (χ2n) is 2.68. The lowest BCUT2D eigenvalue weighted by atomic mass is 10.2. The molecule has 0 aliphatic heterocycles. The number of aromatic amines is 1. The van der Waals surface area contributed by atoms with Crippen LogP contribution in [0.4, 0.5) is 19.0 Å². The van der Waals surface area contributed by atoms with Crippen molar-refractivity contribution in [1.82, 2.24) is 4.98 Å². The summed E-state index contributed by atoms with van der Waals surface area (Å²) in [6.45, 7) is 0. The van der Waals surface area contributed by atoms with E-state index in [-0.39, 0.29) is 6.29 Å². The molecule has 10 heteroatoms. The van der Waals surface area contributed by atoms with Crippen molar-refractivity contribution in [2.75, 3.05) is 0 Å². The van der Waals surface area contributed by atoms with E-state index < -0.39 is 34.0 Å². The van der Waals surface area contributed by atoms with Crippen molar-refractivity contribution in [3.05, 3.63) is 32.1 Å². The summed E-state index contributed by atoms with van der Waals surface area (Å²) in [5.74, 6) is -2.23. The Bertz CT molecular complexity index is 521. The minimum Gasteiger partial charge on any atom is -0.404 e. The molecule has 1 aromatic heterocycles. The molecular weight excluding hydrogens is 249 g/mol. The summed E-state index contributed by atoms with van der Waals surface area (Å²) in [4.78, 5) is 32.2. The van der Waals surface area contributed by atoms with E-state index in [0.717, 1.165) is 0 Å². The van der Waals surface area contributed by atoms with E-state index in [1.807, 2.05) is 0 Å². The van der Waals surface area contributed by atoms with E-state index in [0.29, 0.717) is 6.07 Å². The van der Waals surface area contributed by atoms with Gasteiger partial charge in [-0.3, -0.25) is 4.79 Å². The first-order valence-electron chi connectivity index (χ1n) is 3.87. The Hall–Kier alpha value is -2.39. The Morgan fingerprint density at radius 1 is 1.47 bits per heavy atom. The van der Waals surface area contributed by atoms with Gasteiger partial charge in [-0.05, 0) is 4.92 Å². The van der Waals surface area contributed by atoms with Gasteiger partial charge in [-0.2, -0.15) is 0 Å². The van der Waals surface area contributed by atoms with Crippen molar-refractivity contribution < 1.29 is 27.6 Å². The van der Waals surface area contributed by atoms with E-state index in [1.165, 1.54) is 0 Å². The standard InChI is InChI=1S/C7H3F3N2O5/c8-7(9,10)17-4-1-5(12(15)16)11-6(14)3(4)2-13/h1-2H,(H,11,14). The molecule has 0 fully saturated rings. The highest BCUT2D eigenvalue weighted by atomic mass is 19.4. The minimum absolute atomic E-state index is 0.191. The lowest BCUT2D eigenvalue weighted by molar-refractivity contribution is -0.389. The average Bonchev–Trinajstić information content (AvgIpc) is 2.14. The van der Waals surface area contributed by atoms with Crippen molar-refractivity contribution in [2.45, 2.75) is 6.36 Å². The quantitative estimate of drug-likeness (QED) is 0.491. The number of pyridine rings is 1. The fraction of sp³-hybridized carbons (Fsp3) is 0.143. The number of ether oxygens (including phenoxy) is 1. The highest BCUT2D eigenvalue weighted by Crippen LogP contribution is 2.25. The zero-order valence-electron chi connectivity index (χ0n) is 7.78. The molecule has 7 nitrogen and oxygen atoms in total. The van der Waals surface area contributed by atoms with Crippen LogP contribution in [0, 0.1) is 10.1 Å². The molecule has 0 saturated carbocycles. The molecule has 0 aliphatic rings. The molecule has 1 aromatic rings. The number of carbonyl (C=O) groups excluding carboxylic acids is 1. The van der Waals surface area contributed by atoms with E-state index >= 15 is 0 Å². The number of hydrogen-bond donors (Lipinski definition) is 1. The normalized spacial score (nSPS) is 11.0. The van der Waals surface area contributed by atoms with Gasteiger partial charge in [0, 0.05) is 0 Å². The van der Waals surface area contributed by atoms with Crippen molar-refractivity contribution in [3.8, 4) is 5.75 Å². The number of hydrogen-bond acceptors (Lipinski definition) is 5. The van der Waals surface area contributed by atoms with Gasteiger partial charge in [0.25, 0.3) is 0 Å². The molecule has 1 heterocycles. The number of halogens is 3. The second-order valence-corrected chi connectivity index (χ2v) is 2.68. The number of nitrogens with one attached hydrogen (secondary N) is 1. The number of aldehydes is 1. The van der Waals surface area contributed by atoms with Gasteiger partial charge in [0.2, 0.25) is 0 Å². The topological polar surface area (TPSA) is 102 Å². The van der Waals surface area contributed by atoms with E-state index in [4.69, 9.17) is 0 Å².